The van der Waals surface area contributed by atoms with Gasteiger partial charge in [0.15, 0.2) is 9.84 Å². The average molecular weight is 607 g/mol. The predicted octanol–water partition coefficient (Wildman–Crippen LogP) is 8.95. The first-order valence-corrected chi connectivity index (χ1v) is 17.4. The number of carbonyl (C=O) groups excluding carboxylic acids is 1. The van der Waals surface area contributed by atoms with Gasteiger partial charge in [-0.2, -0.15) is 10.1 Å². The zero-order chi connectivity index (χ0) is 30.0. The lowest BCUT2D eigenvalue weighted by molar-refractivity contribution is -0.119. The number of halogens is 1. The highest BCUT2D eigenvalue weighted by Gasteiger charge is 2.37. The van der Waals surface area contributed by atoms with Crippen LogP contribution in [0.2, 0.25) is 5.02 Å². The van der Waals surface area contributed by atoms with Gasteiger partial charge in [0.25, 0.3) is 5.91 Å². The third-order valence-electron chi connectivity index (χ3n) is 7.95. The summed E-state index contributed by atoms with van der Waals surface area (Å²) in [7, 11) is -3.37. The molecule has 1 heterocycles. The van der Waals surface area contributed by atoms with Crippen LogP contribution in [0.1, 0.15) is 87.8 Å². The van der Waals surface area contributed by atoms with Crippen LogP contribution in [0.5, 0.6) is 0 Å². The highest BCUT2D eigenvalue weighted by Crippen LogP contribution is 2.30. The zero-order valence-corrected chi connectivity index (χ0v) is 26.5. The second kappa shape index (κ2) is 15.5. The Hall–Kier alpha value is -2.96. The third-order valence-corrected chi connectivity index (χ3v) is 10.0. The van der Waals surface area contributed by atoms with Gasteiger partial charge >= 0.3 is 0 Å². The number of carbonyl (C=O) groups is 1. The molecule has 0 saturated heterocycles. The molecule has 4 rings (SSSR count). The van der Waals surface area contributed by atoms with Crippen LogP contribution in [-0.4, -0.2) is 25.8 Å². The zero-order valence-electron chi connectivity index (χ0n) is 24.9. The molecule has 1 aliphatic rings. The molecule has 0 saturated carbocycles. The molecule has 3 aromatic carbocycles. The number of sulfone groups is 1. The van der Waals surface area contributed by atoms with Crippen molar-refractivity contribution in [1.82, 2.24) is 0 Å². The van der Waals surface area contributed by atoms with Crippen LogP contribution in [0.3, 0.4) is 0 Å². The number of benzene rings is 3. The maximum atomic E-state index is 13.6. The molecular weight excluding hydrogens is 564 g/mol. The monoisotopic (exact) mass is 606 g/mol. The van der Waals surface area contributed by atoms with Crippen molar-refractivity contribution in [2.75, 3.05) is 10.8 Å². The molecular formula is C35H43ClN2O3S. The Morgan fingerprint density at radius 2 is 1.33 bits per heavy atom. The molecule has 0 radical (unpaired) electrons. The Balaban J connectivity index is 1.41. The number of aryl methyl sites for hydroxylation is 1. The number of hydrazone groups is 1. The standard InChI is InChI=1S/C35H43ClN2O3S/c1-3-4-5-6-7-8-9-10-11-12-25-42(40,41)32-23-17-29(18-24-32)34-33(26-28-15-13-27(2)14-16-28)35(39)38(37-34)31-21-19-30(36)20-22-31/h13-24,33H,3-12,25-26H2,1-2H3. The van der Waals surface area contributed by atoms with E-state index >= 15 is 0 Å². The first-order valence-electron chi connectivity index (χ1n) is 15.4. The number of amides is 1. The van der Waals surface area contributed by atoms with Crippen LogP contribution in [-0.2, 0) is 21.1 Å². The summed E-state index contributed by atoms with van der Waals surface area (Å²) in [6.45, 7) is 4.26. The molecule has 42 heavy (non-hydrogen) atoms. The smallest absolute Gasteiger partial charge is 0.256 e. The normalized spacial score (nSPS) is 15.3. The number of hydrogen-bond donors (Lipinski definition) is 0. The largest absolute Gasteiger partial charge is 0.272 e. The van der Waals surface area contributed by atoms with Crippen molar-refractivity contribution < 1.29 is 13.2 Å². The predicted molar refractivity (Wildman–Crippen MR) is 174 cm³/mol. The van der Waals surface area contributed by atoms with E-state index in [1.165, 1.54) is 50.0 Å². The van der Waals surface area contributed by atoms with E-state index in [2.05, 4.69) is 6.92 Å². The third kappa shape index (κ3) is 8.78. The Labute approximate surface area is 256 Å². The van der Waals surface area contributed by atoms with Gasteiger partial charge in [-0.15, -0.1) is 0 Å². The minimum absolute atomic E-state index is 0.120. The molecule has 5 nitrogen and oxygen atoms in total. The maximum Gasteiger partial charge on any atom is 0.256 e. The van der Waals surface area contributed by atoms with Gasteiger partial charge in [0.2, 0.25) is 0 Å². The molecule has 0 spiro atoms. The van der Waals surface area contributed by atoms with Crippen molar-refractivity contribution in [1.29, 1.82) is 0 Å². The van der Waals surface area contributed by atoms with Crippen LogP contribution in [0.4, 0.5) is 5.69 Å². The van der Waals surface area contributed by atoms with Crippen LogP contribution in [0, 0.1) is 12.8 Å². The topological polar surface area (TPSA) is 66.8 Å². The van der Waals surface area contributed by atoms with Gasteiger partial charge in [0, 0.05) is 5.02 Å². The molecule has 1 aliphatic heterocycles. The summed E-state index contributed by atoms with van der Waals surface area (Å²) in [6, 6.07) is 22.1. The first-order chi connectivity index (χ1) is 20.3. The summed E-state index contributed by atoms with van der Waals surface area (Å²) in [5, 5.41) is 6.75. The van der Waals surface area contributed by atoms with E-state index in [1.807, 2.05) is 31.2 Å². The van der Waals surface area contributed by atoms with Crippen molar-refractivity contribution in [3.8, 4) is 0 Å². The van der Waals surface area contributed by atoms with Gasteiger partial charge in [0.1, 0.15) is 0 Å². The fourth-order valence-electron chi connectivity index (χ4n) is 5.39. The molecule has 1 amide bonds. The van der Waals surface area contributed by atoms with Crippen molar-refractivity contribution in [2.24, 2.45) is 11.0 Å². The molecule has 1 unspecified atom stereocenters. The van der Waals surface area contributed by atoms with Gasteiger partial charge < -0.3 is 0 Å². The van der Waals surface area contributed by atoms with Gasteiger partial charge in [-0.1, -0.05) is 118 Å². The number of unbranched alkanes of at least 4 members (excludes halogenated alkanes) is 9. The minimum Gasteiger partial charge on any atom is -0.272 e. The highest BCUT2D eigenvalue weighted by molar-refractivity contribution is 7.91. The SMILES string of the molecule is CCCCCCCCCCCCS(=O)(=O)c1ccc(C2=NN(c3ccc(Cl)cc3)C(=O)C2Cc2ccc(C)cc2)cc1. The fraction of sp³-hybridized carbons (Fsp3) is 0.429. The lowest BCUT2D eigenvalue weighted by Gasteiger charge is -2.15. The Morgan fingerprint density at radius 3 is 1.93 bits per heavy atom. The van der Waals surface area contributed by atoms with Crippen molar-refractivity contribution >= 4 is 38.7 Å². The molecule has 0 bridgehead atoms. The Morgan fingerprint density at radius 1 is 0.762 bits per heavy atom. The summed E-state index contributed by atoms with van der Waals surface area (Å²) < 4.78 is 26.1. The van der Waals surface area contributed by atoms with E-state index in [0.717, 1.165) is 29.5 Å². The molecule has 0 aliphatic carbocycles. The van der Waals surface area contributed by atoms with E-state index in [4.69, 9.17) is 16.7 Å². The molecule has 0 fully saturated rings. The minimum atomic E-state index is -3.37. The summed E-state index contributed by atoms with van der Waals surface area (Å²) >= 11 is 6.07. The summed E-state index contributed by atoms with van der Waals surface area (Å²) in [4.78, 5) is 13.9. The maximum absolute atomic E-state index is 13.6. The van der Waals surface area contributed by atoms with Gasteiger partial charge in [-0.25, -0.2) is 8.42 Å². The van der Waals surface area contributed by atoms with Crippen LogP contribution >= 0.6 is 11.6 Å². The Bertz CT molecular complexity index is 1430. The summed E-state index contributed by atoms with van der Waals surface area (Å²) in [6.07, 6.45) is 12.1. The number of hydrogen-bond acceptors (Lipinski definition) is 4. The lowest BCUT2D eigenvalue weighted by Crippen LogP contribution is -2.29. The quantitative estimate of drug-likeness (QED) is 0.153. The lowest BCUT2D eigenvalue weighted by atomic mass is 9.90. The number of nitrogens with zero attached hydrogens (tertiary/aromatic N) is 2. The highest BCUT2D eigenvalue weighted by atomic mass is 35.5. The van der Waals surface area contributed by atoms with E-state index < -0.39 is 15.8 Å². The van der Waals surface area contributed by atoms with E-state index in [-0.39, 0.29) is 11.7 Å². The van der Waals surface area contributed by atoms with Gasteiger partial charge in [-0.3, -0.25) is 4.79 Å². The summed E-state index contributed by atoms with van der Waals surface area (Å²) in [5.74, 6) is -0.453. The average Bonchev–Trinajstić information content (AvgIpc) is 3.31. The van der Waals surface area contributed by atoms with E-state index in [1.54, 1.807) is 48.5 Å². The van der Waals surface area contributed by atoms with Gasteiger partial charge in [0.05, 0.1) is 28.0 Å². The molecule has 1 atom stereocenters. The van der Waals surface area contributed by atoms with Crippen LogP contribution < -0.4 is 5.01 Å². The molecule has 3 aromatic rings. The van der Waals surface area contributed by atoms with E-state index in [0.29, 0.717) is 34.2 Å². The summed E-state index contributed by atoms with van der Waals surface area (Å²) in [5.41, 5.74) is 4.22. The van der Waals surface area contributed by atoms with E-state index in [9.17, 15) is 13.2 Å². The van der Waals surface area contributed by atoms with Crippen LogP contribution in [0.15, 0.2) is 82.8 Å². The van der Waals surface area contributed by atoms with Crippen LogP contribution in [0.25, 0.3) is 0 Å². The molecule has 0 aromatic heterocycles. The molecule has 0 N–H and O–H groups in total. The van der Waals surface area contributed by atoms with Crippen molar-refractivity contribution in [2.45, 2.75) is 89.4 Å². The first kappa shape index (κ1) is 32.0. The van der Waals surface area contributed by atoms with Crippen molar-refractivity contribution in [3.05, 3.63) is 94.5 Å². The molecule has 224 valence electrons. The molecule has 7 heteroatoms. The Kier molecular flexibility index (Phi) is 11.8. The second-order valence-corrected chi connectivity index (χ2v) is 13.9. The number of anilines is 1. The fourth-order valence-corrected chi connectivity index (χ4v) is 6.89. The number of rotatable bonds is 16. The van der Waals surface area contributed by atoms with Crippen molar-refractivity contribution in [3.63, 3.8) is 0 Å². The van der Waals surface area contributed by atoms with Gasteiger partial charge in [-0.05, 0) is 67.3 Å². The second-order valence-electron chi connectivity index (χ2n) is 11.4.